The molecule has 1 aliphatic rings. The van der Waals surface area contributed by atoms with E-state index in [-0.39, 0.29) is 12.5 Å². The highest BCUT2D eigenvalue weighted by atomic mass is 16.5. The van der Waals surface area contributed by atoms with Crippen LogP contribution in [0.25, 0.3) is 6.08 Å². The largest absolute Gasteiger partial charge is 0.488 e. The minimum Gasteiger partial charge on any atom is -0.488 e. The highest BCUT2D eigenvalue weighted by Crippen LogP contribution is 2.26. The van der Waals surface area contributed by atoms with Crippen LogP contribution in [0.2, 0.25) is 0 Å². The number of benzene rings is 2. The summed E-state index contributed by atoms with van der Waals surface area (Å²) in [4.78, 5) is 35.2. The Kier molecular flexibility index (Phi) is 5.51. The summed E-state index contributed by atoms with van der Waals surface area (Å²) < 4.78 is 10.6. The number of carbonyl (C=O) groups excluding carboxylic acids is 3. The zero-order valence-corrected chi connectivity index (χ0v) is 14.7. The minimum absolute atomic E-state index is 0.0935. The van der Waals surface area contributed by atoms with Gasteiger partial charge in [0.1, 0.15) is 12.4 Å². The van der Waals surface area contributed by atoms with Gasteiger partial charge in [0, 0.05) is 23.9 Å². The summed E-state index contributed by atoms with van der Waals surface area (Å²) in [6.07, 6.45) is 1.69. The maximum Gasteiger partial charge on any atom is 0.338 e. The van der Waals surface area contributed by atoms with Gasteiger partial charge < -0.3 is 20.1 Å². The molecule has 0 saturated carbocycles. The Bertz CT molecular complexity index is 920. The summed E-state index contributed by atoms with van der Waals surface area (Å²) in [5.41, 5.74) is 2.17. The molecule has 0 spiro atoms. The molecule has 0 atom stereocenters. The van der Waals surface area contributed by atoms with E-state index in [0.29, 0.717) is 22.7 Å². The van der Waals surface area contributed by atoms with Gasteiger partial charge in [0.05, 0.1) is 5.57 Å². The highest BCUT2D eigenvalue weighted by molar-refractivity contribution is 5.98. The molecule has 1 aliphatic heterocycles. The van der Waals surface area contributed by atoms with E-state index < -0.39 is 18.5 Å². The van der Waals surface area contributed by atoms with Crippen molar-refractivity contribution in [3.8, 4) is 5.75 Å². The molecule has 2 N–H and O–H groups in total. The second-order valence-corrected chi connectivity index (χ2v) is 5.88. The van der Waals surface area contributed by atoms with Gasteiger partial charge in [0.2, 0.25) is 5.91 Å². The smallest absolute Gasteiger partial charge is 0.338 e. The van der Waals surface area contributed by atoms with E-state index in [0.717, 1.165) is 5.56 Å². The molecule has 3 rings (SSSR count). The molecule has 0 bridgehead atoms. The summed E-state index contributed by atoms with van der Waals surface area (Å²) >= 11 is 0. The fraction of sp³-hybridized carbons (Fsp3) is 0.150. The number of ether oxygens (including phenoxy) is 2. The van der Waals surface area contributed by atoms with Crippen LogP contribution in [0, 0.1) is 0 Å². The van der Waals surface area contributed by atoms with Crippen molar-refractivity contribution < 1.29 is 23.9 Å². The third-order valence-electron chi connectivity index (χ3n) is 3.70. The predicted octanol–water partition coefficient (Wildman–Crippen LogP) is 2.60. The normalized spacial score (nSPS) is 12.1. The first-order valence-corrected chi connectivity index (χ1v) is 8.28. The van der Waals surface area contributed by atoms with E-state index in [9.17, 15) is 14.4 Å². The monoisotopic (exact) mass is 366 g/mol. The van der Waals surface area contributed by atoms with Crippen molar-refractivity contribution in [2.75, 3.05) is 23.8 Å². The number of carbonyl (C=O) groups is 3. The lowest BCUT2D eigenvalue weighted by Crippen LogP contribution is -2.24. The molecule has 27 heavy (non-hydrogen) atoms. The summed E-state index contributed by atoms with van der Waals surface area (Å²) in [5.74, 6) is -0.601. The average molecular weight is 366 g/mol. The molecule has 2 amide bonds. The number of hydrogen-bond acceptors (Lipinski definition) is 5. The number of fused-ring (bicyclic) bond motifs is 1. The van der Waals surface area contributed by atoms with Crippen molar-refractivity contribution >= 4 is 35.2 Å². The van der Waals surface area contributed by atoms with E-state index >= 15 is 0 Å². The van der Waals surface area contributed by atoms with E-state index in [1.807, 2.05) is 24.3 Å². The standard InChI is InChI=1S/C20H18N2O5/c1-13(23)21-16-6-4-7-17(10-16)22-19(24)12-27-20(25)15-9-14-5-2-3-8-18(14)26-11-15/h2-10H,11-12H2,1H3,(H,21,23)(H,22,24). The van der Waals surface area contributed by atoms with Crippen LogP contribution in [-0.2, 0) is 19.1 Å². The van der Waals surface area contributed by atoms with Crippen molar-refractivity contribution in [1.82, 2.24) is 0 Å². The number of para-hydroxylation sites is 1. The lowest BCUT2D eigenvalue weighted by molar-refractivity contribution is -0.143. The first-order chi connectivity index (χ1) is 13.0. The molecular weight excluding hydrogens is 348 g/mol. The summed E-state index contributed by atoms with van der Waals surface area (Å²) in [7, 11) is 0. The molecule has 1 heterocycles. The number of rotatable bonds is 5. The Morgan fingerprint density at radius 3 is 2.56 bits per heavy atom. The van der Waals surface area contributed by atoms with Gasteiger partial charge in [0.25, 0.3) is 5.91 Å². The third-order valence-corrected chi connectivity index (χ3v) is 3.70. The molecule has 7 heteroatoms. The van der Waals surface area contributed by atoms with Gasteiger partial charge in [-0.2, -0.15) is 0 Å². The predicted molar refractivity (Wildman–Crippen MR) is 100 cm³/mol. The van der Waals surface area contributed by atoms with Crippen LogP contribution in [0.4, 0.5) is 11.4 Å². The Balaban J connectivity index is 1.54. The number of esters is 1. The van der Waals surface area contributed by atoms with Crippen molar-refractivity contribution in [3.05, 3.63) is 59.7 Å². The number of amides is 2. The van der Waals surface area contributed by atoms with E-state index in [1.54, 1.807) is 30.3 Å². The van der Waals surface area contributed by atoms with Crippen molar-refractivity contribution in [1.29, 1.82) is 0 Å². The molecule has 2 aromatic rings. The van der Waals surface area contributed by atoms with Gasteiger partial charge in [0.15, 0.2) is 6.61 Å². The van der Waals surface area contributed by atoms with Crippen LogP contribution in [0.3, 0.4) is 0 Å². The topological polar surface area (TPSA) is 93.7 Å². The first kappa shape index (κ1) is 18.2. The summed E-state index contributed by atoms with van der Waals surface area (Å²) in [6, 6.07) is 14.0. The van der Waals surface area contributed by atoms with E-state index in [1.165, 1.54) is 6.92 Å². The molecule has 0 unspecified atom stereocenters. The van der Waals surface area contributed by atoms with Gasteiger partial charge in [-0.15, -0.1) is 0 Å². The van der Waals surface area contributed by atoms with Crippen LogP contribution < -0.4 is 15.4 Å². The summed E-state index contributed by atoms with van der Waals surface area (Å²) in [5, 5.41) is 5.23. The third kappa shape index (κ3) is 4.94. The Morgan fingerprint density at radius 2 is 1.78 bits per heavy atom. The number of hydrogen-bond donors (Lipinski definition) is 2. The van der Waals surface area contributed by atoms with Crippen molar-refractivity contribution in [3.63, 3.8) is 0 Å². The van der Waals surface area contributed by atoms with Gasteiger partial charge in [-0.05, 0) is 30.3 Å². The second-order valence-electron chi connectivity index (χ2n) is 5.88. The van der Waals surface area contributed by atoms with E-state index in [4.69, 9.17) is 9.47 Å². The first-order valence-electron chi connectivity index (χ1n) is 8.28. The summed E-state index contributed by atoms with van der Waals surface area (Å²) in [6.45, 7) is 1.06. The van der Waals surface area contributed by atoms with Crippen molar-refractivity contribution in [2.45, 2.75) is 6.92 Å². The maximum atomic E-state index is 12.1. The Hall–Kier alpha value is -3.61. The van der Waals surface area contributed by atoms with Gasteiger partial charge in [-0.3, -0.25) is 9.59 Å². The number of anilines is 2. The molecule has 0 radical (unpaired) electrons. The molecule has 0 aliphatic carbocycles. The Labute approximate surface area is 156 Å². The SMILES string of the molecule is CC(=O)Nc1cccc(NC(=O)COC(=O)C2=Cc3ccccc3OC2)c1. The lowest BCUT2D eigenvalue weighted by atomic mass is 10.1. The Morgan fingerprint density at radius 1 is 1.04 bits per heavy atom. The van der Waals surface area contributed by atoms with Crippen LogP contribution >= 0.6 is 0 Å². The number of nitrogens with one attached hydrogen (secondary N) is 2. The molecular formula is C20H18N2O5. The van der Waals surface area contributed by atoms with Crippen LogP contribution in [0.1, 0.15) is 12.5 Å². The zero-order chi connectivity index (χ0) is 19.2. The molecule has 0 fully saturated rings. The lowest BCUT2D eigenvalue weighted by Gasteiger charge is -2.16. The van der Waals surface area contributed by atoms with E-state index in [2.05, 4.69) is 10.6 Å². The fourth-order valence-electron chi connectivity index (χ4n) is 2.53. The van der Waals surface area contributed by atoms with Crippen molar-refractivity contribution in [2.24, 2.45) is 0 Å². The van der Waals surface area contributed by atoms with Gasteiger partial charge in [-0.1, -0.05) is 24.3 Å². The minimum atomic E-state index is -0.605. The molecule has 7 nitrogen and oxygen atoms in total. The highest BCUT2D eigenvalue weighted by Gasteiger charge is 2.19. The second kappa shape index (κ2) is 8.18. The fourth-order valence-corrected chi connectivity index (χ4v) is 2.53. The van der Waals surface area contributed by atoms with Crippen LogP contribution in [0.5, 0.6) is 5.75 Å². The average Bonchev–Trinajstić information content (AvgIpc) is 2.65. The van der Waals surface area contributed by atoms with Gasteiger partial charge >= 0.3 is 5.97 Å². The molecule has 2 aromatic carbocycles. The van der Waals surface area contributed by atoms with Crippen LogP contribution in [-0.4, -0.2) is 31.0 Å². The van der Waals surface area contributed by atoms with Crippen LogP contribution in [0.15, 0.2) is 54.1 Å². The quantitative estimate of drug-likeness (QED) is 0.794. The molecule has 0 aromatic heterocycles. The zero-order valence-electron chi connectivity index (χ0n) is 14.7. The maximum absolute atomic E-state index is 12.1. The molecule has 0 saturated heterocycles. The molecule has 138 valence electrons. The van der Waals surface area contributed by atoms with Gasteiger partial charge in [-0.25, -0.2) is 4.79 Å².